The van der Waals surface area contributed by atoms with Crippen LogP contribution in [0.5, 0.6) is 5.75 Å². The highest BCUT2D eigenvalue weighted by atomic mass is 16.5. The van der Waals surface area contributed by atoms with Crippen LogP contribution in [0.25, 0.3) is 16.7 Å². The maximum atomic E-state index is 13.4. The fourth-order valence-corrected chi connectivity index (χ4v) is 7.46. The summed E-state index contributed by atoms with van der Waals surface area (Å²) < 4.78 is 9.25. The Bertz CT molecular complexity index is 2280. The van der Waals surface area contributed by atoms with Crippen molar-refractivity contribution in [3.8, 4) is 11.4 Å². The van der Waals surface area contributed by atoms with Gasteiger partial charge in [-0.2, -0.15) is 5.10 Å². The molecule has 5 heterocycles. The number of anilines is 3. The van der Waals surface area contributed by atoms with Gasteiger partial charge in [-0.25, -0.2) is 14.5 Å². The minimum atomic E-state index is -0.660. The van der Waals surface area contributed by atoms with Crippen LogP contribution in [0.4, 0.5) is 22.0 Å². The molecule has 3 N–H and O–H groups in total. The van der Waals surface area contributed by atoms with E-state index < -0.39 is 11.9 Å². The molecule has 54 heavy (non-hydrogen) atoms. The summed E-state index contributed by atoms with van der Waals surface area (Å²) in [7, 11) is 1.63. The first-order chi connectivity index (χ1) is 25.9. The monoisotopic (exact) mass is 728 g/mol. The first-order valence-electron chi connectivity index (χ1n) is 18.2. The van der Waals surface area contributed by atoms with Crippen molar-refractivity contribution in [1.82, 2.24) is 29.5 Å². The van der Waals surface area contributed by atoms with Crippen LogP contribution < -0.4 is 25.6 Å². The third-order valence-electron chi connectivity index (χ3n) is 10.5. The number of piperidine rings is 2. The zero-order valence-electron chi connectivity index (χ0n) is 30.7. The number of amides is 5. The molecule has 2 aromatic heterocycles. The minimum Gasteiger partial charge on any atom is -0.497 e. The van der Waals surface area contributed by atoms with E-state index in [4.69, 9.17) is 9.84 Å². The lowest BCUT2D eigenvalue weighted by atomic mass is 9.92. The van der Waals surface area contributed by atoms with Crippen LogP contribution in [0.1, 0.15) is 74.1 Å². The molecule has 14 heteroatoms. The molecule has 0 bridgehead atoms. The molecule has 2 fully saturated rings. The number of rotatable bonds is 7. The summed E-state index contributed by atoms with van der Waals surface area (Å²) in [6.07, 6.45) is 3.87. The molecule has 14 nitrogen and oxygen atoms in total. The second-order valence-electron chi connectivity index (χ2n) is 15.1. The summed E-state index contributed by atoms with van der Waals surface area (Å²) in [5.74, 6) is 0.434. The van der Waals surface area contributed by atoms with Gasteiger partial charge in [-0.05, 0) is 73.4 Å². The maximum absolute atomic E-state index is 13.4. The highest BCUT2D eigenvalue weighted by molar-refractivity contribution is 6.05. The molecule has 2 saturated heterocycles. The summed E-state index contributed by atoms with van der Waals surface area (Å²) in [5.41, 5.74) is 6.18. The van der Waals surface area contributed by atoms with Gasteiger partial charge in [0, 0.05) is 72.3 Å². The normalized spacial score (nSPS) is 17.9. The van der Waals surface area contributed by atoms with Gasteiger partial charge in [0.25, 0.3) is 5.91 Å². The number of nitrogens with zero attached hydrogens (tertiary/aromatic N) is 6. The number of benzene rings is 3. The molecule has 3 aliphatic rings. The second kappa shape index (κ2) is 13.7. The molecule has 8 rings (SSSR count). The van der Waals surface area contributed by atoms with Crippen LogP contribution in [0.2, 0.25) is 0 Å². The van der Waals surface area contributed by atoms with Crippen molar-refractivity contribution in [1.29, 1.82) is 0 Å². The molecule has 1 radical (unpaired) electrons. The van der Waals surface area contributed by atoms with Crippen molar-refractivity contribution in [2.24, 2.45) is 0 Å². The SMILES string of the molecule is COc1ccc2c(c1)ncn2-c1ccc(NC(=O)Nc2cc(C(C)(C)C)nn2C2CCN(c3[c]c4c(cc3)C(=O)N(C3CCC(=O)NC3=O)C4)CC2)cc1. The van der Waals surface area contributed by atoms with Crippen LogP contribution in [0.3, 0.4) is 0 Å². The van der Waals surface area contributed by atoms with E-state index in [9.17, 15) is 19.2 Å². The van der Waals surface area contributed by atoms with Gasteiger partial charge in [0.05, 0.1) is 29.9 Å². The first-order valence-corrected chi connectivity index (χ1v) is 18.2. The van der Waals surface area contributed by atoms with Gasteiger partial charge in [-0.3, -0.25) is 29.6 Å². The van der Waals surface area contributed by atoms with Crippen molar-refractivity contribution < 1.29 is 23.9 Å². The van der Waals surface area contributed by atoms with Crippen molar-refractivity contribution >= 4 is 52.0 Å². The number of imidazole rings is 1. The minimum absolute atomic E-state index is 0.0518. The lowest BCUT2D eigenvalue weighted by molar-refractivity contribution is -0.136. The highest BCUT2D eigenvalue weighted by Gasteiger charge is 2.39. The number of hydrogen-bond acceptors (Lipinski definition) is 8. The van der Waals surface area contributed by atoms with Crippen molar-refractivity contribution in [3.63, 3.8) is 0 Å². The first kappa shape index (κ1) is 34.9. The second-order valence-corrected chi connectivity index (χ2v) is 15.1. The number of carbonyl (C=O) groups excluding carboxylic acids is 4. The number of methoxy groups -OCH3 is 1. The Hall–Kier alpha value is -6.18. The lowest BCUT2D eigenvalue weighted by Gasteiger charge is -2.34. The van der Waals surface area contributed by atoms with Gasteiger partial charge < -0.3 is 19.9 Å². The number of urea groups is 1. The van der Waals surface area contributed by atoms with E-state index in [0.29, 0.717) is 23.5 Å². The molecule has 1 unspecified atom stereocenters. The third-order valence-corrected chi connectivity index (χ3v) is 10.5. The van der Waals surface area contributed by atoms with E-state index in [1.54, 1.807) is 18.3 Å². The highest BCUT2D eigenvalue weighted by Crippen LogP contribution is 2.35. The third kappa shape index (κ3) is 6.63. The summed E-state index contributed by atoms with van der Waals surface area (Å²) in [6.45, 7) is 8.04. The zero-order valence-corrected chi connectivity index (χ0v) is 30.7. The maximum Gasteiger partial charge on any atom is 0.324 e. The standard InChI is InChI=1S/C40H42N9O5/c1-40(2,3)34-21-35(43-39(53)42-25-5-7-26(8-6-25)48-23-41-31-20-29(54-4)10-12-32(31)48)49(45-34)27-15-17-46(18-16-27)28-9-11-30-24(19-28)22-47(38(30)52)33-13-14-36(50)44-37(33)51/h5-12,20-21,23,27,33H,13-18,22H2,1-4H3,(H2,42,43,53)(H,44,50,51). The summed E-state index contributed by atoms with van der Waals surface area (Å²) >= 11 is 0. The summed E-state index contributed by atoms with van der Waals surface area (Å²) in [4.78, 5) is 59.0. The number of hydrogen-bond donors (Lipinski definition) is 3. The van der Waals surface area contributed by atoms with Crippen LogP contribution in [0.15, 0.2) is 67.0 Å². The van der Waals surface area contributed by atoms with Crippen LogP contribution >= 0.6 is 0 Å². The number of imide groups is 1. The van der Waals surface area contributed by atoms with Crippen LogP contribution in [-0.4, -0.2) is 74.2 Å². The largest absolute Gasteiger partial charge is 0.497 e. The van der Waals surface area contributed by atoms with Gasteiger partial charge in [0.15, 0.2) is 0 Å². The quantitative estimate of drug-likeness (QED) is 0.184. The molecule has 3 aromatic carbocycles. The molecule has 5 amide bonds. The molecule has 1 atom stereocenters. The lowest BCUT2D eigenvalue weighted by Crippen LogP contribution is -2.52. The van der Waals surface area contributed by atoms with E-state index in [1.807, 2.05) is 69.9 Å². The van der Waals surface area contributed by atoms with Gasteiger partial charge >= 0.3 is 6.03 Å². The topological polar surface area (TPSA) is 156 Å². The molecular weight excluding hydrogens is 686 g/mol. The summed E-state index contributed by atoms with van der Waals surface area (Å²) in [5, 5.41) is 13.4. The Morgan fingerprint density at radius 2 is 1.74 bits per heavy atom. The van der Waals surface area contributed by atoms with E-state index in [-0.39, 0.29) is 42.3 Å². The molecular formula is C40H42N9O5. The van der Waals surface area contributed by atoms with Crippen molar-refractivity contribution in [3.05, 3.63) is 89.9 Å². The van der Waals surface area contributed by atoms with E-state index >= 15 is 0 Å². The van der Waals surface area contributed by atoms with Crippen LogP contribution in [-0.2, 0) is 21.5 Å². The van der Waals surface area contributed by atoms with E-state index in [0.717, 1.165) is 65.3 Å². The zero-order chi connectivity index (χ0) is 37.7. The number of carbonyl (C=O) groups is 4. The van der Waals surface area contributed by atoms with Gasteiger partial charge in [-0.15, -0.1) is 0 Å². The number of nitrogens with one attached hydrogen (secondary N) is 3. The number of fused-ring (bicyclic) bond motifs is 2. The Balaban J connectivity index is 0.924. The van der Waals surface area contributed by atoms with E-state index in [2.05, 4.69) is 52.7 Å². The van der Waals surface area contributed by atoms with Gasteiger partial charge in [-0.1, -0.05) is 20.8 Å². The van der Waals surface area contributed by atoms with Crippen LogP contribution in [0, 0.1) is 6.07 Å². The molecule has 5 aromatic rings. The van der Waals surface area contributed by atoms with Crippen molar-refractivity contribution in [2.45, 2.75) is 70.5 Å². The Morgan fingerprint density at radius 3 is 2.46 bits per heavy atom. The molecule has 3 aliphatic heterocycles. The molecule has 0 spiro atoms. The summed E-state index contributed by atoms with van der Waals surface area (Å²) in [6, 6.07) is 21.5. The Labute approximate surface area is 312 Å². The fraction of sp³-hybridized carbons (Fsp3) is 0.350. The van der Waals surface area contributed by atoms with Crippen molar-refractivity contribution in [2.75, 3.05) is 35.7 Å². The molecule has 277 valence electrons. The van der Waals surface area contributed by atoms with E-state index in [1.165, 1.54) is 0 Å². The average molecular weight is 729 g/mol. The van der Waals surface area contributed by atoms with Gasteiger partial charge in [0.2, 0.25) is 11.8 Å². The Morgan fingerprint density at radius 1 is 0.963 bits per heavy atom. The predicted molar refractivity (Wildman–Crippen MR) is 203 cm³/mol. The molecule has 0 saturated carbocycles. The Kier molecular flexibility index (Phi) is 8.83. The average Bonchev–Trinajstić information content (AvgIpc) is 3.87. The smallest absolute Gasteiger partial charge is 0.324 e. The number of ether oxygens (including phenoxy) is 1. The van der Waals surface area contributed by atoms with Gasteiger partial charge in [0.1, 0.15) is 23.9 Å². The predicted octanol–water partition coefficient (Wildman–Crippen LogP) is 5.57. The number of aromatic nitrogens is 4. The fourth-order valence-electron chi connectivity index (χ4n) is 7.46. The molecule has 0 aliphatic carbocycles.